The molecule has 1 aromatic carbocycles. The molecule has 0 aromatic heterocycles. The summed E-state index contributed by atoms with van der Waals surface area (Å²) in [5, 5.41) is 2.66. The number of urea groups is 1. The minimum absolute atomic E-state index is 0.388. The molecule has 0 heterocycles. The SMILES string of the molecule is COc1c(C)c(C)cc(C)c1CNC(=O)NN. The van der Waals surface area contributed by atoms with E-state index in [1.165, 1.54) is 5.56 Å². The van der Waals surface area contributed by atoms with Crippen LogP contribution in [0.15, 0.2) is 6.07 Å². The number of carbonyl (C=O) groups excluding carboxylic acids is 1. The molecule has 4 N–H and O–H groups in total. The van der Waals surface area contributed by atoms with Crippen LogP contribution in [0, 0.1) is 20.8 Å². The van der Waals surface area contributed by atoms with Crippen LogP contribution in [0.3, 0.4) is 0 Å². The normalized spacial score (nSPS) is 9.94. The predicted octanol–water partition coefficient (Wildman–Crippen LogP) is 1.29. The van der Waals surface area contributed by atoms with Crippen molar-refractivity contribution < 1.29 is 9.53 Å². The molecule has 0 aliphatic carbocycles. The van der Waals surface area contributed by atoms with Gasteiger partial charge in [0.2, 0.25) is 0 Å². The zero-order valence-electron chi connectivity index (χ0n) is 10.7. The number of nitrogens with one attached hydrogen (secondary N) is 2. The molecule has 1 rings (SSSR count). The number of hydrogen-bond acceptors (Lipinski definition) is 3. The predicted molar refractivity (Wildman–Crippen MR) is 66.8 cm³/mol. The smallest absolute Gasteiger partial charge is 0.329 e. The highest BCUT2D eigenvalue weighted by molar-refractivity contribution is 5.73. The van der Waals surface area contributed by atoms with Crippen LogP contribution < -0.4 is 21.3 Å². The standard InChI is InChI=1S/C12H19N3O2/c1-7-5-8(2)10(6-14-12(16)15-13)11(17-4)9(7)3/h5H,6,13H2,1-4H3,(H2,14,15,16). The highest BCUT2D eigenvalue weighted by Crippen LogP contribution is 2.29. The molecule has 0 saturated carbocycles. The van der Waals surface area contributed by atoms with E-state index in [2.05, 4.69) is 11.4 Å². The number of aryl methyl sites for hydroxylation is 2. The van der Waals surface area contributed by atoms with Gasteiger partial charge in [0.25, 0.3) is 0 Å². The average Bonchev–Trinajstić information content (AvgIpc) is 2.31. The molecular weight excluding hydrogens is 218 g/mol. The van der Waals surface area contributed by atoms with Gasteiger partial charge in [-0.05, 0) is 37.5 Å². The monoisotopic (exact) mass is 237 g/mol. The van der Waals surface area contributed by atoms with E-state index >= 15 is 0 Å². The van der Waals surface area contributed by atoms with Crippen molar-refractivity contribution in [2.45, 2.75) is 27.3 Å². The Bertz CT molecular complexity index is 430. The summed E-state index contributed by atoms with van der Waals surface area (Å²) in [5.41, 5.74) is 6.34. The van der Waals surface area contributed by atoms with Gasteiger partial charge in [-0.2, -0.15) is 0 Å². The van der Waals surface area contributed by atoms with Crippen molar-refractivity contribution in [3.05, 3.63) is 28.3 Å². The fourth-order valence-electron chi connectivity index (χ4n) is 1.82. The van der Waals surface area contributed by atoms with Gasteiger partial charge in [0, 0.05) is 12.1 Å². The van der Waals surface area contributed by atoms with Gasteiger partial charge in [0.1, 0.15) is 5.75 Å². The van der Waals surface area contributed by atoms with Gasteiger partial charge in [-0.25, -0.2) is 10.6 Å². The van der Waals surface area contributed by atoms with Crippen molar-refractivity contribution >= 4 is 6.03 Å². The Morgan fingerprint density at radius 3 is 2.53 bits per heavy atom. The number of hydrogen-bond donors (Lipinski definition) is 3. The first kappa shape index (κ1) is 13.3. The largest absolute Gasteiger partial charge is 0.496 e. The average molecular weight is 237 g/mol. The van der Waals surface area contributed by atoms with Gasteiger partial charge in [-0.1, -0.05) is 6.07 Å². The molecule has 0 fully saturated rings. The fourth-order valence-corrected chi connectivity index (χ4v) is 1.82. The molecule has 5 nitrogen and oxygen atoms in total. The second-order valence-corrected chi connectivity index (χ2v) is 3.97. The number of hydrazine groups is 1. The van der Waals surface area contributed by atoms with Crippen LogP contribution in [-0.2, 0) is 6.54 Å². The summed E-state index contributed by atoms with van der Waals surface area (Å²) >= 11 is 0. The second kappa shape index (κ2) is 5.54. The van der Waals surface area contributed by atoms with Gasteiger partial charge >= 0.3 is 6.03 Å². The summed E-state index contributed by atoms with van der Waals surface area (Å²) in [6, 6.07) is 1.67. The summed E-state index contributed by atoms with van der Waals surface area (Å²) in [6.07, 6.45) is 0. The molecule has 0 atom stereocenters. The number of rotatable bonds is 3. The summed E-state index contributed by atoms with van der Waals surface area (Å²) in [6.45, 7) is 6.42. The van der Waals surface area contributed by atoms with Gasteiger partial charge in [-0.15, -0.1) is 0 Å². The van der Waals surface area contributed by atoms with Crippen LogP contribution in [0.5, 0.6) is 5.75 Å². The number of carbonyl (C=O) groups is 1. The van der Waals surface area contributed by atoms with Crippen LogP contribution in [0.4, 0.5) is 4.79 Å². The molecule has 0 saturated heterocycles. The second-order valence-electron chi connectivity index (χ2n) is 3.97. The van der Waals surface area contributed by atoms with Crippen molar-refractivity contribution in [1.29, 1.82) is 0 Å². The first-order valence-corrected chi connectivity index (χ1v) is 5.39. The molecule has 1 aromatic rings. The van der Waals surface area contributed by atoms with Crippen LogP contribution in [0.2, 0.25) is 0 Å². The van der Waals surface area contributed by atoms with E-state index < -0.39 is 6.03 Å². The molecule has 0 bridgehead atoms. The quantitative estimate of drug-likeness (QED) is 0.421. The molecule has 0 unspecified atom stereocenters. The van der Waals surface area contributed by atoms with Gasteiger partial charge < -0.3 is 10.1 Å². The maximum Gasteiger partial charge on any atom is 0.329 e. The van der Waals surface area contributed by atoms with Gasteiger partial charge in [0.05, 0.1) is 7.11 Å². The summed E-state index contributed by atoms with van der Waals surface area (Å²) in [7, 11) is 1.63. The third kappa shape index (κ3) is 2.88. The highest BCUT2D eigenvalue weighted by atomic mass is 16.5. The van der Waals surface area contributed by atoms with E-state index in [0.29, 0.717) is 6.54 Å². The van der Waals surface area contributed by atoms with Gasteiger partial charge in [0.15, 0.2) is 0 Å². The van der Waals surface area contributed by atoms with E-state index in [0.717, 1.165) is 22.4 Å². The van der Waals surface area contributed by atoms with Crippen molar-refractivity contribution in [2.75, 3.05) is 7.11 Å². The molecule has 5 heteroatoms. The zero-order chi connectivity index (χ0) is 13.0. The number of benzene rings is 1. The van der Waals surface area contributed by atoms with E-state index in [1.807, 2.05) is 26.2 Å². The Kier molecular flexibility index (Phi) is 4.34. The topological polar surface area (TPSA) is 76.4 Å². The van der Waals surface area contributed by atoms with Crippen LogP contribution in [-0.4, -0.2) is 13.1 Å². The van der Waals surface area contributed by atoms with E-state index in [-0.39, 0.29) is 0 Å². The lowest BCUT2D eigenvalue weighted by Crippen LogP contribution is -2.39. The zero-order valence-corrected chi connectivity index (χ0v) is 10.7. The third-order valence-corrected chi connectivity index (χ3v) is 2.88. The lowest BCUT2D eigenvalue weighted by Gasteiger charge is -2.16. The Labute approximate surface area is 101 Å². The number of amides is 2. The van der Waals surface area contributed by atoms with Crippen molar-refractivity contribution in [2.24, 2.45) is 5.84 Å². The minimum atomic E-state index is -0.412. The van der Waals surface area contributed by atoms with Crippen LogP contribution in [0.25, 0.3) is 0 Å². The molecule has 94 valence electrons. The fraction of sp³-hybridized carbons (Fsp3) is 0.417. The molecule has 0 aliphatic rings. The van der Waals surface area contributed by atoms with E-state index in [4.69, 9.17) is 10.6 Å². The summed E-state index contributed by atoms with van der Waals surface area (Å²) in [5.74, 6) is 5.82. The first-order valence-electron chi connectivity index (χ1n) is 5.39. The lowest BCUT2D eigenvalue weighted by atomic mass is 9.99. The van der Waals surface area contributed by atoms with Crippen LogP contribution >= 0.6 is 0 Å². The maximum atomic E-state index is 11.1. The van der Waals surface area contributed by atoms with Crippen molar-refractivity contribution in [3.63, 3.8) is 0 Å². The van der Waals surface area contributed by atoms with Gasteiger partial charge in [-0.3, -0.25) is 5.43 Å². The summed E-state index contributed by atoms with van der Waals surface area (Å²) in [4.78, 5) is 11.1. The van der Waals surface area contributed by atoms with Crippen LogP contribution in [0.1, 0.15) is 22.3 Å². The minimum Gasteiger partial charge on any atom is -0.496 e. The number of ether oxygens (including phenoxy) is 1. The first-order chi connectivity index (χ1) is 8.01. The Morgan fingerprint density at radius 2 is 2.00 bits per heavy atom. The van der Waals surface area contributed by atoms with E-state index in [9.17, 15) is 4.79 Å². The van der Waals surface area contributed by atoms with E-state index in [1.54, 1.807) is 7.11 Å². The molecule has 17 heavy (non-hydrogen) atoms. The van der Waals surface area contributed by atoms with Crippen molar-refractivity contribution in [3.8, 4) is 5.75 Å². The molecule has 0 aliphatic heterocycles. The lowest BCUT2D eigenvalue weighted by molar-refractivity contribution is 0.240. The molecule has 2 amide bonds. The van der Waals surface area contributed by atoms with Crippen molar-refractivity contribution in [1.82, 2.24) is 10.7 Å². The maximum absolute atomic E-state index is 11.1. The third-order valence-electron chi connectivity index (χ3n) is 2.88. The molecular formula is C12H19N3O2. The summed E-state index contributed by atoms with van der Waals surface area (Å²) < 4.78 is 5.40. The number of methoxy groups -OCH3 is 1. The molecule has 0 spiro atoms. The Balaban J connectivity index is 3.05. The number of nitrogens with two attached hydrogens (primary N) is 1. The Hall–Kier alpha value is -1.75. The molecule has 0 radical (unpaired) electrons. The Morgan fingerprint density at radius 1 is 1.35 bits per heavy atom. The highest BCUT2D eigenvalue weighted by Gasteiger charge is 2.12.